The van der Waals surface area contributed by atoms with Gasteiger partial charge in [0.05, 0.1) is 0 Å². The summed E-state index contributed by atoms with van der Waals surface area (Å²) in [5.74, 6) is 1.57. The summed E-state index contributed by atoms with van der Waals surface area (Å²) < 4.78 is 1.08. The maximum Gasteiger partial charge on any atom is 0.245 e. The number of hydrogen-bond acceptors (Lipinski definition) is 4. The van der Waals surface area contributed by atoms with Crippen molar-refractivity contribution in [3.8, 4) is 11.4 Å². The van der Waals surface area contributed by atoms with Gasteiger partial charge in [-0.2, -0.15) is 4.98 Å². The van der Waals surface area contributed by atoms with Gasteiger partial charge in [0.1, 0.15) is 0 Å². The minimum absolute atomic E-state index is 0.317. The molecule has 20 heavy (non-hydrogen) atoms. The lowest BCUT2D eigenvalue weighted by atomic mass is 10.1. The SMILES string of the molecule is Cc1ccc(-c2nc(N3CCC(N)CC3)n[nH]2)cc1Br. The van der Waals surface area contributed by atoms with E-state index in [2.05, 4.69) is 61.1 Å². The molecular weight excluding hydrogens is 318 g/mol. The third-order valence-electron chi connectivity index (χ3n) is 3.74. The zero-order valence-corrected chi connectivity index (χ0v) is 13.0. The molecule has 106 valence electrons. The Morgan fingerprint density at radius 2 is 2.10 bits per heavy atom. The topological polar surface area (TPSA) is 70.8 Å². The first-order valence-corrected chi connectivity index (χ1v) is 7.62. The van der Waals surface area contributed by atoms with Gasteiger partial charge >= 0.3 is 0 Å². The molecule has 1 aliphatic heterocycles. The maximum atomic E-state index is 5.92. The first-order chi connectivity index (χ1) is 9.63. The van der Waals surface area contributed by atoms with E-state index in [1.165, 1.54) is 5.56 Å². The molecule has 0 saturated carbocycles. The zero-order valence-electron chi connectivity index (χ0n) is 11.4. The number of aryl methyl sites for hydroxylation is 1. The number of aromatic amines is 1. The molecular formula is C14H18BrN5. The Labute approximate surface area is 126 Å². The Morgan fingerprint density at radius 3 is 2.80 bits per heavy atom. The van der Waals surface area contributed by atoms with E-state index in [-0.39, 0.29) is 0 Å². The number of hydrogen-bond donors (Lipinski definition) is 2. The minimum atomic E-state index is 0.317. The minimum Gasteiger partial charge on any atom is -0.339 e. The van der Waals surface area contributed by atoms with Crippen LogP contribution < -0.4 is 10.6 Å². The average molecular weight is 336 g/mol. The van der Waals surface area contributed by atoms with Crippen molar-refractivity contribution in [1.29, 1.82) is 0 Å². The van der Waals surface area contributed by atoms with Gasteiger partial charge < -0.3 is 10.6 Å². The molecule has 2 aromatic rings. The van der Waals surface area contributed by atoms with Gasteiger partial charge in [-0.05, 0) is 31.4 Å². The average Bonchev–Trinajstić information content (AvgIpc) is 2.92. The molecule has 0 radical (unpaired) electrons. The van der Waals surface area contributed by atoms with Crippen LogP contribution in [0.4, 0.5) is 5.95 Å². The Bertz CT molecular complexity index is 601. The Balaban J connectivity index is 1.81. The fourth-order valence-corrected chi connectivity index (χ4v) is 2.74. The molecule has 1 aromatic carbocycles. The van der Waals surface area contributed by atoms with Crippen LogP contribution in [0, 0.1) is 6.92 Å². The second-order valence-corrected chi connectivity index (χ2v) is 6.13. The number of halogens is 1. The standard InChI is InChI=1S/C14H18BrN5/c1-9-2-3-10(8-12(9)15)13-17-14(19-18-13)20-6-4-11(16)5-7-20/h2-3,8,11H,4-7,16H2,1H3,(H,17,18,19). The first-order valence-electron chi connectivity index (χ1n) is 6.83. The summed E-state index contributed by atoms with van der Waals surface area (Å²) in [6.45, 7) is 3.92. The summed E-state index contributed by atoms with van der Waals surface area (Å²) in [7, 11) is 0. The van der Waals surface area contributed by atoms with Gasteiger partial charge in [0.25, 0.3) is 0 Å². The summed E-state index contributed by atoms with van der Waals surface area (Å²) in [6.07, 6.45) is 2.00. The van der Waals surface area contributed by atoms with Gasteiger partial charge in [-0.15, -0.1) is 5.10 Å². The largest absolute Gasteiger partial charge is 0.339 e. The summed E-state index contributed by atoms with van der Waals surface area (Å²) in [5.41, 5.74) is 8.17. The monoisotopic (exact) mass is 335 g/mol. The number of anilines is 1. The highest BCUT2D eigenvalue weighted by atomic mass is 79.9. The molecule has 1 aliphatic rings. The number of benzene rings is 1. The second-order valence-electron chi connectivity index (χ2n) is 5.27. The van der Waals surface area contributed by atoms with E-state index in [0.29, 0.717) is 6.04 Å². The van der Waals surface area contributed by atoms with Crippen molar-refractivity contribution in [3.63, 3.8) is 0 Å². The molecule has 2 heterocycles. The third kappa shape index (κ3) is 2.71. The van der Waals surface area contributed by atoms with Crippen LogP contribution in [0.25, 0.3) is 11.4 Å². The lowest BCUT2D eigenvalue weighted by molar-refractivity contribution is 0.496. The number of piperidine rings is 1. The highest BCUT2D eigenvalue weighted by Gasteiger charge is 2.19. The van der Waals surface area contributed by atoms with Crippen LogP contribution in [0.1, 0.15) is 18.4 Å². The van der Waals surface area contributed by atoms with Crippen LogP contribution in [0.2, 0.25) is 0 Å². The molecule has 0 atom stereocenters. The molecule has 0 unspecified atom stereocenters. The van der Waals surface area contributed by atoms with E-state index in [4.69, 9.17) is 5.73 Å². The Kier molecular flexibility index (Phi) is 3.76. The van der Waals surface area contributed by atoms with Crippen molar-refractivity contribution in [1.82, 2.24) is 15.2 Å². The molecule has 1 fully saturated rings. The molecule has 1 saturated heterocycles. The van der Waals surface area contributed by atoms with E-state index >= 15 is 0 Å². The molecule has 3 rings (SSSR count). The molecule has 6 heteroatoms. The summed E-state index contributed by atoms with van der Waals surface area (Å²) in [6, 6.07) is 6.50. The van der Waals surface area contributed by atoms with Crippen molar-refractivity contribution < 1.29 is 0 Å². The molecule has 0 amide bonds. The fraction of sp³-hybridized carbons (Fsp3) is 0.429. The van der Waals surface area contributed by atoms with E-state index in [9.17, 15) is 0 Å². The summed E-state index contributed by atoms with van der Waals surface area (Å²) in [4.78, 5) is 6.78. The molecule has 0 spiro atoms. The quantitative estimate of drug-likeness (QED) is 0.884. The van der Waals surface area contributed by atoms with Gasteiger partial charge in [0.15, 0.2) is 5.82 Å². The first kappa shape index (κ1) is 13.6. The predicted octanol–water partition coefficient (Wildman–Crippen LogP) is 2.47. The number of nitrogens with zero attached hydrogens (tertiary/aromatic N) is 3. The summed E-state index contributed by atoms with van der Waals surface area (Å²) in [5, 5.41) is 7.35. The van der Waals surface area contributed by atoms with Crippen LogP contribution >= 0.6 is 15.9 Å². The number of H-pyrrole nitrogens is 1. The Hall–Kier alpha value is -1.40. The van der Waals surface area contributed by atoms with E-state index < -0.39 is 0 Å². The number of aromatic nitrogens is 3. The van der Waals surface area contributed by atoms with Gasteiger partial charge in [-0.25, -0.2) is 0 Å². The van der Waals surface area contributed by atoms with Crippen molar-refractivity contribution >= 4 is 21.9 Å². The third-order valence-corrected chi connectivity index (χ3v) is 4.60. The summed E-state index contributed by atoms with van der Waals surface area (Å²) >= 11 is 3.55. The van der Waals surface area contributed by atoms with Gasteiger partial charge in [0, 0.05) is 29.2 Å². The van der Waals surface area contributed by atoms with E-state index in [1.54, 1.807) is 0 Å². The Morgan fingerprint density at radius 1 is 1.35 bits per heavy atom. The number of rotatable bonds is 2. The lowest BCUT2D eigenvalue weighted by Crippen LogP contribution is -2.40. The van der Waals surface area contributed by atoms with Crippen LogP contribution in [-0.4, -0.2) is 34.3 Å². The van der Waals surface area contributed by atoms with Gasteiger partial charge in [-0.3, -0.25) is 5.10 Å². The van der Waals surface area contributed by atoms with Crippen LogP contribution in [0.3, 0.4) is 0 Å². The van der Waals surface area contributed by atoms with E-state index in [0.717, 1.165) is 47.7 Å². The zero-order chi connectivity index (χ0) is 14.1. The predicted molar refractivity (Wildman–Crippen MR) is 83.7 cm³/mol. The van der Waals surface area contributed by atoms with E-state index in [1.807, 2.05) is 0 Å². The van der Waals surface area contributed by atoms with Crippen LogP contribution in [-0.2, 0) is 0 Å². The molecule has 0 aliphatic carbocycles. The second kappa shape index (κ2) is 5.54. The normalized spacial score (nSPS) is 16.6. The number of nitrogens with two attached hydrogens (primary N) is 1. The van der Waals surface area contributed by atoms with Gasteiger partial charge in [0.2, 0.25) is 5.95 Å². The molecule has 0 bridgehead atoms. The number of nitrogens with one attached hydrogen (secondary N) is 1. The smallest absolute Gasteiger partial charge is 0.245 e. The van der Waals surface area contributed by atoms with Crippen LogP contribution in [0.15, 0.2) is 22.7 Å². The molecule has 5 nitrogen and oxygen atoms in total. The van der Waals surface area contributed by atoms with Crippen molar-refractivity contribution in [2.45, 2.75) is 25.8 Å². The van der Waals surface area contributed by atoms with Crippen LogP contribution in [0.5, 0.6) is 0 Å². The highest BCUT2D eigenvalue weighted by Crippen LogP contribution is 2.25. The molecule has 3 N–H and O–H groups in total. The lowest BCUT2D eigenvalue weighted by Gasteiger charge is -2.28. The molecule has 1 aromatic heterocycles. The fourth-order valence-electron chi connectivity index (χ4n) is 2.36. The van der Waals surface area contributed by atoms with Crippen molar-refractivity contribution in [2.75, 3.05) is 18.0 Å². The van der Waals surface area contributed by atoms with Crippen molar-refractivity contribution in [3.05, 3.63) is 28.2 Å². The van der Waals surface area contributed by atoms with Gasteiger partial charge in [-0.1, -0.05) is 28.1 Å². The van der Waals surface area contributed by atoms with Crippen molar-refractivity contribution in [2.24, 2.45) is 5.73 Å². The highest BCUT2D eigenvalue weighted by molar-refractivity contribution is 9.10. The maximum absolute atomic E-state index is 5.92.